The van der Waals surface area contributed by atoms with E-state index in [1.165, 1.54) is 18.4 Å². The Kier molecular flexibility index (Phi) is 5.19. The van der Waals surface area contributed by atoms with Crippen molar-refractivity contribution >= 4 is 23.7 Å². The van der Waals surface area contributed by atoms with Crippen LogP contribution >= 0.6 is 11.8 Å². The SMILES string of the molecule is CN(C)c1nc(N2CCCC2)nc(-n2cnc(SCc3ccccc3)n2)n1. The lowest BCUT2D eigenvalue weighted by atomic mass is 10.2. The molecule has 0 bridgehead atoms. The highest BCUT2D eigenvalue weighted by Crippen LogP contribution is 2.21. The van der Waals surface area contributed by atoms with Crippen molar-refractivity contribution in [2.24, 2.45) is 0 Å². The zero-order chi connectivity index (χ0) is 18.6. The van der Waals surface area contributed by atoms with Gasteiger partial charge in [-0.15, -0.1) is 5.10 Å². The van der Waals surface area contributed by atoms with E-state index in [0.717, 1.165) is 18.8 Å². The molecule has 0 saturated carbocycles. The van der Waals surface area contributed by atoms with Crippen molar-refractivity contribution in [3.05, 3.63) is 42.2 Å². The number of aromatic nitrogens is 6. The van der Waals surface area contributed by atoms with Gasteiger partial charge >= 0.3 is 0 Å². The maximum Gasteiger partial charge on any atom is 0.258 e. The molecule has 1 aliphatic rings. The van der Waals surface area contributed by atoms with E-state index < -0.39 is 0 Å². The molecule has 0 spiro atoms. The van der Waals surface area contributed by atoms with Gasteiger partial charge in [0.15, 0.2) is 0 Å². The summed E-state index contributed by atoms with van der Waals surface area (Å²) in [4.78, 5) is 22.2. The number of hydrogen-bond donors (Lipinski definition) is 0. The summed E-state index contributed by atoms with van der Waals surface area (Å²) in [5, 5.41) is 5.24. The zero-order valence-corrected chi connectivity index (χ0v) is 16.3. The summed E-state index contributed by atoms with van der Waals surface area (Å²) in [5.41, 5.74) is 1.24. The average Bonchev–Trinajstić information content (AvgIpc) is 3.39. The second-order valence-corrected chi connectivity index (χ2v) is 7.51. The Morgan fingerprint density at radius 2 is 1.74 bits per heavy atom. The molecule has 1 saturated heterocycles. The highest BCUT2D eigenvalue weighted by Gasteiger charge is 2.19. The molecule has 140 valence electrons. The van der Waals surface area contributed by atoms with Crippen molar-refractivity contribution in [2.75, 3.05) is 37.0 Å². The minimum atomic E-state index is 0.495. The quantitative estimate of drug-likeness (QED) is 0.602. The normalized spacial score (nSPS) is 13.9. The topological polar surface area (TPSA) is 75.9 Å². The summed E-state index contributed by atoms with van der Waals surface area (Å²) in [6.07, 6.45) is 4.00. The summed E-state index contributed by atoms with van der Waals surface area (Å²) >= 11 is 1.59. The number of benzene rings is 1. The van der Waals surface area contributed by atoms with E-state index in [2.05, 4.69) is 42.1 Å². The molecule has 0 aliphatic carbocycles. The Morgan fingerprint density at radius 3 is 2.48 bits per heavy atom. The molecular weight excluding hydrogens is 360 g/mol. The van der Waals surface area contributed by atoms with Crippen molar-refractivity contribution in [1.29, 1.82) is 0 Å². The third kappa shape index (κ3) is 4.19. The largest absolute Gasteiger partial charge is 0.347 e. The molecule has 4 rings (SSSR count). The first kappa shape index (κ1) is 17.7. The molecule has 1 fully saturated rings. The fourth-order valence-corrected chi connectivity index (χ4v) is 3.59. The van der Waals surface area contributed by atoms with Crippen LogP contribution in [0, 0.1) is 0 Å². The van der Waals surface area contributed by atoms with Gasteiger partial charge in [-0.25, -0.2) is 4.98 Å². The minimum Gasteiger partial charge on any atom is -0.347 e. The van der Waals surface area contributed by atoms with E-state index in [1.54, 1.807) is 22.8 Å². The molecule has 0 radical (unpaired) electrons. The number of rotatable bonds is 6. The number of nitrogens with zero attached hydrogens (tertiary/aromatic N) is 8. The molecule has 3 heterocycles. The molecule has 0 N–H and O–H groups in total. The van der Waals surface area contributed by atoms with Gasteiger partial charge in [0, 0.05) is 32.9 Å². The predicted octanol–water partition coefficient (Wildman–Crippen LogP) is 2.41. The number of hydrogen-bond acceptors (Lipinski definition) is 8. The van der Waals surface area contributed by atoms with Crippen molar-refractivity contribution in [1.82, 2.24) is 29.7 Å². The second-order valence-electron chi connectivity index (χ2n) is 6.57. The van der Waals surface area contributed by atoms with Crippen LogP contribution in [0.1, 0.15) is 18.4 Å². The lowest BCUT2D eigenvalue weighted by Gasteiger charge is -2.18. The summed E-state index contributed by atoms with van der Waals surface area (Å²) in [7, 11) is 3.85. The fourth-order valence-electron chi connectivity index (χ4n) is 2.84. The van der Waals surface area contributed by atoms with Crippen LogP contribution in [0.15, 0.2) is 41.8 Å². The van der Waals surface area contributed by atoms with Crippen molar-refractivity contribution in [3.63, 3.8) is 0 Å². The first-order valence-corrected chi connectivity index (χ1v) is 9.95. The molecule has 9 heteroatoms. The van der Waals surface area contributed by atoms with E-state index in [4.69, 9.17) is 0 Å². The Labute approximate surface area is 162 Å². The molecule has 3 aromatic rings. The first-order chi connectivity index (χ1) is 13.2. The lowest BCUT2D eigenvalue weighted by Crippen LogP contribution is -2.24. The molecule has 1 aromatic carbocycles. The molecule has 2 aromatic heterocycles. The molecule has 0 unspecified atom stereocenters. The Hall–Kier alpha value is -2.68. The van der Waals surface area contributed by atoms with Crippen LogP contribution in [0.2, 0.25) is 0 Å². The third-order valence-corrected chi connectivity index (χ3v) is 5.20. The van der Waals surface area contributed by atoms with Gasteiger partial charge < -0.3 is 9.80 Å². The molecule has 0 atom stereocenters. The van der Waals surface area contributed by atoms with E-state index in [0.29, 0.717) is 23.0 Å². The van der Waals surface area contributed by atoms with E-state index in [1.807, 2.05) is 37.2 Å². The highest BCUT2D eigenvalue weighted by atomic mass is 32.2. The van der Waals surface area contributed by atoms with Crippen molar-refractivity contribution in [3.8, 4) is 5.95 Å². The maximum atomic E-state index is 4.63. The van der Waals surface area contributed by atoms with Gasteiger partial charge in [0.05, 0.1) is 0 Å². The van der Waals surface area contributed by atoms with Crippen LogP contribution in [0.4, 0.5) is 11.9 Å². The maximum absolute atomic E-state index is 4.63. The van der Waals surface area contributed by atoms with Crippen molar-refractivity contribution < 1.29 is 0 Å². The van der Waals surface area contributed by atoms with E-state index in [9.17, 15) is 0 Å². The van der Waals surface area contributed by atoms with Gasteiger partial charge in [0.2, 0.25) is 17.1 Å². The molecule has 27 heavy (non-hydrogen) atoms. The Morgan fingerprint density at radius 1 is 1.00 bits per heavy atom. The summed E-state index contributed by atoms with van der Waals surface area (Å²) in [6.45, 7) is 1.96. The van der Waals surface area contributed by atoms with Gasteiger partial charge in [0.1, 0.15) is 6.33 Å². The summed E-state index contributed by atoms with van der Waals surface area (Å²) < 4.78 is 1.63. The van der Waals surface area contributed by atoms with Crippen LogP contribution in [0.25, 0.3) is 5.95 Å². The van der Waals surface area contributed by atoms with Crippen LogP contribution in [0.5, 0.6) is 0 Å². The second kappa shape index (κ2) is 7.91. The van der Waals surface area contributed by atoms with Crippen LogP contribution in [-0.4, -0.2) is 56.9 Å². The smallest absolute Gasteiger partial charge is 0.258 e. The summed E-state index contributed by atoms with van der Waals surface area (Å²) in [5.74, 6) is 2.64. The van der Waals surface area contributed by atoms with Crippen LogP contribution in [0.3, 0.4) is 0 Å². The standard InChI is InChI=1S/C18H22N8S/c1-24(2)15-20-16(25-10-6-7-11-25)22-17(21-15)26-13-19-18(23-26)27-12-14-8-4-3-5-9-14/h3-5,8-9,13H,6-7,10-12H2,1-2H3. The summed E-state index contributed by atoms with van der Waals surface area (Å²) in [6, 6.07) is 10.3. The van der Waals surface area contributed by atoms with Crippen LogP contribution < -0.4 is 9.80 Å². The number of anilines is 2. The predicted molar refractivity (Wildman–Crippen MR) is 107 cm³/mol. The first-order valence-electron chi connectivity index (χ1n) is 8.96. The van der Waals surface area contributed by atoms with Gasteiger partial charge in [-0.3, -0.25) is 0 Å². The Balaban J connectivity index is 1.56. The van der Waals surface area contributed by atoms with Gasteiger partial charge in [-0.1, -0.05) is 42.1 Å². The molecule has 1 aliphatic heterocycles. The lowest BCUT2D eigenvalue weighted by molar-refractivity contribution is 0.752. The monoisotopic (exact) mass is 382 g/mol. The molecule has 8 nitrogen and oxygen atoms in total. The molecular formula is C18H22N8S. The van der Waals surface area contributed by atoms with Crippen LogP contribution in [-0.2, 0) is 5.75 Å². The van der Waals surface area contributed by atoms with Crippen molar-refractivity contribution in [2.45, 2.75) is 23.8 Å². The fraction of sp³-hybridized carbons (Fsp3) is 0.389. The average molecular weight is 382 g/mol. The van der Waals surface area contributed by atoms with Gasteiger partial charge in [-0.2, -0.15) is 19.6 Å². The Bertz CT molecular complexity index is 889. The van der Waals surface area contributed by atoms with Gasteiger partial charge in [0.25, 0.3) is 5.95 Å². The van der Waals surface area contributed by atoms with E-state index >= 15 is 0 Å². The molecule has 0 amide bonds. The number of thioether (sulfide) groups is 1. The van der Waals surface area contributed by atoms with E-state index in [-0.39, 0.29) is 0 Å². The third-order valence-electron chi connectivity index (χ3n) is 4.28. The van der Waals surface area contributed by atoms with Gasteiger partial charge in [-0.05, 0) is 18.4 Å². The highest BCUT2D eigenvalue weighted by molar-refractivity contribution is 7.98. The zero-order valence-electron chi connectivity index (χ0n) is 15.5. The minimum absolute atomic E-state index is 0.495.